The van der Waals surface area contributed by atoms with Crippen LogP contribution < -0.4 is 5.32 Å². The summed E-state index contributed by atoms with van der Waals surface area (Å²) in [6.45, 7) is 1.61. The standard InChI is InChI=1S/C76H131NO18/c1-3-5-7-9-11-13-15-17-19-20-21-22-23-24-25-26-27-28-29-30-31-32-33-34-35-36-37-38-40-42-44-46-48-50-52-54-64(82)77-59(60(81)53-51-49-47-45-43-41-39-18-16-14-12-10-8-6-4-2)58-90-74-70(88)67(85)72(62(56-79)92-74)95-76-71(89)68(86)73(63(57-80)93-76)94-75-69(87)66(84)65(83)61(55-78)91-75/h5,7,11,13,17,19,21-22,24-25,27-28,30-31,51,53,59-63,65-76,78-81,83-89H,3-4,6,8-10,12,14-16,18,20,23,26,29,32-50,52,54-58H2,1-2H3,(H,77,82)/b7-5-,13-11-,19-17-,22-21-,25-24-,28-27-,31-30-,53-51+. The third kappa shape index (κ3) is 37.6. The Kier molecular flexibility index (Phi) is 51.1. The van der Waals surface area contributed by atoms with Crippen LogP contribution in [0.25, 0.3) is 0 Å². The maximum absolute atomic E-state index is 13.4. The van der Waals surface area contributed by atoms with Crippen molar-refractivity contribution in [3.63, 3.8) is 0 Å². The molecule has 3 aliphatic rings. The summed E-state index contributed by atoms with van der Waals surface area (Å²) in [6, 6.07) is -0.979. The lowest BCUT2D eigenvalue weighted by atomic mass is 9.96. The van der Waals surface area contributed by atoms with Gasteiger partial charge in [-0.3, -0.25) is 4.79 Å². The SMILES string of the molecule is CC/C=C\C/C=C\C/C=C\C/C=C\C/C=C\C/C=C\C/C=C\CCCCCCCCCCCCCCCC(=O)NC(COC1OC(CO)C(OC2OC(CO)C(OC3OC(CO)C(O)C(O)C3O)C(O)C2O)C(O)C1O)C(O)/C=C/CCCCCCCCCCCCCCC. The van der Waals surface area contributed by atoms with Gasteiger partial charge >= 0.3 is 0 Å². The molecule has 17 unspecified atom stereocenters. The van der Waals surface area contributed by atoms with Gasteiger partial charge in [0.2, 0.25) is 5.91 Å². The Labute approximate surface area is 571 Å². The molecule has 95 heavy (non-hydrogen) atoms. The number of amides is 1. The fourth-order valence-corrected chi connectivity index (χ4v) is 11.9. The minimum absolute atomic E-state index is 0.237. The van der Waals surface area contributed by atoms with Crippen LogP contribution in [0.4, 0.5) is 0 Å². The summed E-state index contributed by atoms with van der Waals surface area (Å²) in [5.41, 5.74) is 0. The number of unbranched alkanes of at least 4 members (excludes halogenated alkanes) is 26. The van der Waals surface area contributed by atoms with E-state index >= 15 is 0 Å². The molecule has 1 amide bonds. The monoisotopic (exact) mass is 1350 g/mol. The van der Waals surface area contributed by atoms with Crippen molar-refractivity contribution in [3.05, 3.63) is 97.2 Å². The van der Waals surface area contributed by atoms with Crippen molar-refractivity contribution < 1.29 is 89.4 Å². The van der Waals surface area contributed by atoms with E-state index in [1.54, 1.807) is 6.08 Å². The van der Waals surface area contributed by atoms with E-state index < -0.39 is 124 Å². The van der Waals surface area contributed by atoms with Crippen LogP contribution in [-0.2, 0) is 33.2 Å². The molecule has 0 aromatic heterocycles. The van der Waals surface area contributed by atoms with Crippen molar-refractivity contribution in [2.24, 2.45) is 0 Å². The van der Waals surface area contributed by atoms with Gasteiger partial charge in [0, 0.05) is 6.42 Å². The van der Waals surface area contributed by atoms with Crippen LogP contribution >= 0.6 is 0 Å². The normalized spacial score (nSPS) is 27.8. The topological polar surface area (TPSA) is 307 Å². The van der Waals surface area contributed by atoms with Crippen LogP contribution in [0.1, 0.15) is 245 Å². The number of allylic oxidation sites excluding steroid dienone is 15. The molecule has 12 N–H and O–H groups in total. The summed E-state index contributed by atoms with van der Waals surface area (Å²) >= 11 is 0. The predicted molar refractivity (Wildman–Crippen MR) is 374 cm³/mol. The van der Waals surface area contributed by atoms with Crippen molar-refractivity contribution >= 4 is 5.91 Å². The zero-order valence-corrected chi connectivity index (χ0v) is 58.1. The average Bonchev–Trinajstić information content (AvgIpc) is 0.799. The summed E-state index contributed by atoms with van der Waals surface area (Å²) in [5, 5.41) is 121. The Morgan fingerprint density at radius 1 is 0.389 bits per heavy atom. The summed E-state index contributed by atoms with van der Waals surface area (Å²) in [5.74, 6) is -0.280. The van der Waals surface area contributed by atoms with E-state index in [1.165, 1.54) is 122 Å². The molecule has 3 aliphatic heterocycles. The van der Waals surface area contributed by atoms with E-state index in [2.05, 4.69) is 104 Å². The van der Waals surface area contributed by atoms with Gasteiger partial charge in [-0.25, -0.2) is 0 Å². The molecule has 3 rings (SSSR count). The Morgan fingerprint density at radius 2 is 0.726 bits per heavy atom. The van der Waals surface area contributed by atoms with Crippen LogP contribution in [0.3, 0.4) is 0 Å². The number of nitrogens with one attached hydrogen (secondary N) is 1. The molecule has 0 aromatic rings. The Balaban J connectivity index is 1.36. The van der Waals surface area contributed by atoms with Crippen molar-refractivity contribution in [2.45, 2.75) is 349 Å². The summed E-state index contributed by atoms with van der Waals surface area (Å²) in [4.78, 5) is 13.4. The van der Waals surface area contributed by atoms with Crippen LogP contribution in [0, 0.1) is 0 Å². The lowest BCUT2D eigenvalue weighted by Gasteiger charge is -2.48. The lowest BCUT2D eigenvalue weighted by molar-refractivity contribution is -0.379. The van der Waals surface area contributed by atoms with Gasteiger partial charge in [0.05, 0.1) is 38.6 Å². The second-order valence-electron chi connectivity index (χ2n) is 26.0. The minimum atomic E-state index is -1.98. The molecular weight excluding hydrogens is 1210 g/mol. The Hall–Kier alpha value is -3.29. The molecule has 19 heteroatoms. The first-order chi connectivity index (χ1) is 46.3. The minimum Gasteiger partial charge on any atom is -0.394 e. The van der Waals surface area contributed by atoms with Gasteiger partial charge < -0.3 is 89.9 Å². The summed E-state index contributed by atoms with van der Waals surface area (Å²) in [6.07, 6.45) is 48.1. The number of aliphatic hydroxyl groups is 11. The first-order valence-electron chi connectivity index (χ1n) is 37.0. The van der Waals surface area contributed by atoms with Gasteiger partial charge in [0.25, 0.3) is 0 Å². The van der Waals surface area contributed by atoms with Crippen LogP contribution in [-0.4, -0.2) is 193 Å². The number of hydrogen-bond donors (Lipinski definition) is 12. The van der Waals surface area contributed by atoms with Gasteiger partial charge in [-0.2, -0.15) is 0 Å². The fraction of sp³-hybridized carbons (Fsp3) is 0.776. The van der Waals surface area contributed by atoms with E-state index in [0.717, 1.165) is 96.3 Å². The molecule has 0 aromatic carbocycles. The third-order valence-electron chi connectivity index (χ3n) is 17.9. The summed E-state index contributed by atoms with van der Waals surface area (Å²) in [7, 11) is 0. The maximum Gasteiger partial charge on any atom is 0.220 e. The molecule has 0 aliphatic carbocycles. The number of rotatable bonds is 56. The molecule has 3 saturated heterocycles. The van der Waals surface area contributed by atoms with E-state index in [1.807, 2.05) is 6.08 Å². The molecule has 19 nitrogen and oxygen atoms in total. The quantitative estimate of drug-likeness (QED) is 0.0199. The van der Waals surface area contributed by atoms with Crippen molar-refractivity contribution in [3.8, 4) is 0 Å². The molecule has 0 bridgehead atoms. The number of ether oxygens (including phenoxy) is 6. The largest absolute Gasteiger partial charge is 0.394 e. The molecule has 548 valence electrons. The Bertz CT molecular complexity index is 2100. The van der Waals surface area contributed by atoms with E-state index in [0.29, 0.717) is 6.42 Å². The van der Waals surface area contributed by atoms with Crippen molar-refractivity contribution in [1.29, 1.82) is 0 Å². The van der Waals surface area contributed by atoms with Crippen molar-refractivity contribution in [1.82, 2.24) is 5.32 Å². The van der Waals surface area contributed by atoms with Gasteiger partial charge in [-0.1, -0.05) is 259 Å². The highest BCUT2D eigenvalue weighted by Gasteiger charge is 2.53. The van der Waals surface area contributed by atoms with Gasteiger partial charge in [0.15, 0.2) is 18.9 Å². The zero-order valence-electron chi connectivity index (χ0n) is 58.1. The first kappa shape index (κ1) is 85.9. The van der Waals surface area contributed by atoms with E-state index in [4.69, 9.17) is 28.4 Å². The molecule has 3 heterocycles. The number of hydrogen-bond acceptors (Lipinski definition) is 18. The third-order valence-corrected chi connectivity index (χ3v) is 17.9. The fourth-order valence-electron chi connectivity index (χ4n) is 11.9. The molecular formula is C76H131NO18. The second-order valence-corrected chi connectivity index (χ2v) is 26.0. The van der Waals surface area contributed by atoms with Gasteiger partial charge in [-0.05, 0) is 77.0 Å². The van der Waals surface area contributed by atoms with E-state index in [-0.39, 0.29) is 18.9 Å². The maximum atomic E-state index is 13.4. The molecule has 0 radical (unpaired) electrons. The Morgan fingerprint density at radius 3 is 1.14 bits per heavy atom. The number of aliphatic hydroxyl groups excluding tert-OH is 11. The lowest BCUT2D eigenvalue weighted by Crippen LogP contribution is -2.66. The zero-order chi connectivity index (χ0) is 68.9. The average molecular weight is 1350 g/mol. The summed E-state index contributed by atoms with van der Waals surface area (Å²) < 4.78 is 34.4. The number of carbonyl (C=O) groups is 1. The van der Waals surface area contributed by atoms with E-state index in [9.17, 15) is 61.0 Å². The molecule has 3 fully saturated rings. The highest BCUT2D eigenvalue weighted by atomic mass is 16.8. The first-order valence-corrected chi connectivity index (χ1v) is 37.0. The highest BCUT2D eigenvalue weighted by molar-refractivity contribution is 5.76. The highest BCUT2D eigenvalue weighted by Crippen LogP contribution is 2.33. The van der Waals surface area contributed by atoms with Gasteiger partial charge in [-0.15, -0.1) is 0 Å². The molecule has 17 atom stereocenters. The number of carbonyl (C=O) groups excluding carboxylic acids is 1. The molecule has 0 spiro atoms. The van der Waals surface area contributed by atoms with Crippen molar-refractivity contribution in [2.75, 3.05) is 26.4 Å². The smallest absolute Gasteiger partial charge is 0.220 e. The van der Waals surface area contributed by atoms with Crippen LogP contribution in [0.15, 0.2) is 97.2 Å². The van der Waals surface area contributed by atoms with Crippen LogP contribution in [0.2, 0.25) is 0 Å². The van der Waals surface area contributed by atoms with Gasteiger partial charge in [0.1, 0.15) is 73.2 Å². The van der Waals surface area contributed by atoms with Crippen LogP contribution in [0.5, 0.6) is 0 Å². The molecule has 0 saturated carbocycles. The second kappa shape index (κ2) is 56.5. The predicted octanol–water partition coefficient (Wildman–Crippen LogP) is 10.8.